The molecule has 0 aliphatic carbocycles. The number of ether oxygens (including phenoxy) is 4. The van der Waals surface area contributed by atoms with Crippen molar-refractivity contribution >= 4 is 16.4 Å². The molecule has 0 amide bonds. The van der Waals surface area contributed by atoms with Gasteiger partial charge in [-0.05, 0) is 57.8 Å². The van der Waals surface area contributed by atoms with Crippen molar-refractivity contribution in [2.75, 3.05) is 26.4 Å². The lowest BCUT2D eigenvalue weighted by atomic mass is 9.99. The van der Waals surface area contributed by atoms with Gasteiger partial charge in [0, 0.05) is 13.0 Å². The molecule has 1 fully saturated rings. The van der Waals surface area contributed by atoms with Gasteiger partial charge < -0.3 is 34.3 Å². The van der Waals surface area contributed by atoms with Crippen molar-refractivity contribution in [3.63, 3.8) is 0 Å². The van der Waals surface area contributed by atoms with E-state index in [1.165, 1.54) is 64.2 Å². The quantitative estimate of drug-likeness (QED) is 0.0199. The summed E-state index contributed by atoms with van der Waals surface area (Å²) in [6.45, 7) is 3.80. The summed E-state index contributed by atoms with van der Waals surface area (Å²) < 4.78 is 58.8. The number of carbonyl (C=O) groups excluding carboxylic acids is 1. The van der Waals surface area contributed by atoms with Crippen molar-refractivity contribution < 1.29 is 56.2 Å². The standard InChI is InChI=1S/C47H82O12S/c1-3-5-7-9-11-12-13-14-15-16-17-18-19-20-21-22-23-24-25-26-27-28-29-31-33-35-37-55-39-41(57-43(49)36-34-32-30-10-8-6-4-2)40-56-47-45(51)46(59-60(52,53)54)44(50)42(38-48)58-47/h5,7,11-12,14-15,17-18,20-21,41-42,44-48,50-51H,3-4,6,8-10,13,16,19,22-40H2,1-2H3,(H,52,53,54)/b7-5-,12-11-,15-14-,18-17-,21-20-. The van der Waals surface area contributed by atoms with Crippen LogP contribution >= 0.6 is 0 Å². The van der Waals surface area contributed by atoms with E-state index in [2.05, 4.69) is 78.8 Å². The van der Waals surface area contributed by atoms with Gasteiger partial charge >= 0.3 is 16.4 Å². The maximum Gasteiger partial charge on any atom is 0.397 e. The second-order valence-electron chi connectivity index (χ2n) is 15.6. The summed E-state index contributed by atoms with van der Waals surface area (Å²) in [6.07, 6.45) is 38.6. The van der Waals surface area contributed by atoms with Gasteiger partial charge in [-0.1, -0.05) is 164 Å². The number of esters is 1. The number of aliphatic hydroxyl groups excluding tert-OH is 3. The molecule has 1 aliphatic heterocycles. The van der Waals surface area contributed by atoms with E-state index in [4.69, 9.17) is 23.5 Å². The molecule has 6 unspecified atom stereocenters. The fourth-order valence-corrected chi connectivity index (χ4v) is 7.21. The Hall–Kier alpha value is -2.20. The van der Waals surface area contributed by atoms with Crippen molar-refractivity contribution in [1.29, 1.82) is 0 Å². The van der Waals surface area contributed by atoms with E-state index in [1.54, 1.807) is 0 Å². The Morgan fingerprint density at radius 2 is 1.15 bits per heavy atom. The van der Waals surface area contributed by atoms with Crippen molar-refractivity contribution in [2.45, 2.75) is 205 Å². The van der Waals surface area contributed by atoms with E-state index in [1.807, 2.05) is 0 Å². The topological polar surface area (TPSA) is 178 Å². The van der Waals surface area contributed by atoms with Crippen LogP contribution in [0.1, 0.15) is 168 Å². The highest BCUT2D eigenvalue weighted by atomic mass is 32.3. The van der Waals surface area contributed by atoms with E-state index in [0.717, 1.165) is 77.0 Å². The molecule has 4 N–H and O–H groups in total. The average molecular weight is 871 g/mol. The smallest absolute Gasteiger partial charge is 0.397 e. The lowest BCUT2D eigenvalue weighted by molar-refractivity contribution is -0.301. The Morgan fingerprint density at radius 3 is 1.68 bits per heavy atom. The first kappa shape index (κ1) is 55.8. The monoisotopic (exact) mass is 871 g/mol. The van der Waals surface area contributed by atoms with Crippen LogP contribution in [-0.4, -0.2) is 97.5 Å². The molecule has 1 aliphatic rings. The second kappa shape index (κ2) is 38.5. The Kier molecular flexibility index (Phi) is 35.8. The lowest BCUT2D eigenvalue weighted by Crippen LogP contribution is -2.60. The van der Waals surface area contributed by atoms with Crippen LogP contribution in [0.4, 0.5) is 0 Å². The summed E-state index contributed by atoms with van der Waals surface area (Å²) in [5, 5.41) is 30.6. The molecule has 0 bridgehead atoms. The Morgan fingerprint density at radius 1 is 0.650 bits per heavy atom. The molecule has 60 heavy (non-hydrogen) atoms. The van der Waals surface area contributed by atoms with Gasteiger partial charge in [-0.15, -0.1) is 0 Å². The van der Waals surface area contributed by atoms with Gasteiger partial charge in [-0.3, -0.25) is 9.35 Å². The van der Waals surface area contributed by atoms with Gasteiger partial charge in [0.15, 0.2) is 6.29 Å². The van der Waals surface area contributed by atoms with Crippen LogP contribution in [0.15, 0.2) is 60.8 Å². The van der Waals surface area contributed by atoms with Crippen LogP contribution in [-0.2, 0) is 38.3 Å². The first-order valence-electron chi connectivity index (χ1n) is 23.0. The number of allylic oxidation sites excluding steroid dienone is 10. The molecular formula is C47H82O12S. The number of carbonyl (C=O) groups is 1. The molecule has 6 atom stereocenters. The molecule has 1 saturated heterocycles. The number of hydrogen-bond donors (Lipinski definition) is 4. The van der Waals surface area contributed by atoms with Gasteiger partial charge in [-0.2, -0.15) is 8.42 Å². The second-order valence-corrected chi connectivity index (χ2v) is 16.7. The highest BCUT2D eigenvalue weighted by molar-refractivity contribution is 7.80. The molecule has 1 rings (SSSR count). The predicted molar refractivity (Wildman–Crippen MR) is 239 cm³/mol. The predicted octanol–water partition coefficient (Wildman–Crippen LogP) is 9.74. The first-order chi connectivity index (χ1) is 29.1. The molecule has 12 nitrogen and oxygen atoms in total. The third-order valence-corrected chi connectivity index (χ3v) is 10.6. The zero-order valence-corrected chi connectivity index (χ0v) is 37.8. The first-order valence-corrected chi connectivity index (χ1v) is 24.4. The zero-order valence-electron chi connectivity index (χ0n) is 37.0. The van der Waals surface area contributed by atoms with E-state index in [-0.39, 0.29) is 19.6 Å². The summed E-state index contributed by atoms with van der Waals surface area (Å²) in [5.74, 6) is -0.410. The van der Waals surface area contributed by atoms with E-state index in [9.17, 15) is 28.5 Å². The molecule has 0 spiro atoms. The molecular weight excluding hydrogens is 789 g/mol. The number of aliphatic hydroxyl groups is 3. The molecule has 0 saturated carbocycles. The lowest BCUT2D eigenvalue weighted by Gasteiger charge is -2.41. The van der Waals surface area contributed by atoms with Crippen LogP contribution in [0.2, 0.25) is 0 Å². The van der Waals surface area contributed by atoms with E-state index >= 15 is 0 Å². The Bertz CT molecular complexity index is 1280. The zero-order chi connectivity index (χ0) is 43.9. The maximum absolute atomic E-state index is 12.7. The third kappa shape index (κ3) is 31.6. The highest BCUT2D eigenvalue weighted by Gasteiger charge is 2.48. The molecule has 348 valence electrons. The fraction of sp³-hybridized carbons (Fsp3) is 0.766. The summed E-state index contributed by atoms with van der Waals surface area (Å²) in [5.41, 5.74) is 0. The van der Waals surface area contributed by atoms with Crippen LogP contribution in [0.25, 0.3) is 0 Å². The molecule has 0 aromatic heterocycles. The summed E-state index contributed by atoms with van der Waals surface area (Å²) >= 11 is 0. The highest BCUT2D eigenvalue weighted by Crippen LogP contribution is 2.26. The average Bonchev–Trinajstić information content (AvgIpc) is 3.22. The Labute approximate surface area is 363 Å². The maximum atomic E-state index is 12.7. The molecule has 1 heterocycles. The van der Waals surface area contributed by atoms with Crippen molar-refractivity contribution in [3.8, 4) is 0 Å². The third-order valence-electron chi connectivity index (χ3n) is 10.2. The van der Waals surface area contributed by atoms with Gasteiger partial charge in [0.25, 0.3) is 0 Å². The van der Waals surface area contributed by atoms with Gasteiger partial charge in [0.05, 0.1) is 19.8 Å². The van der Waals surface area contributed by atoms with Gasteiger partial charge in [-0.25, -0.2) is 4.18 Å². The molecule has 13 heteroatoms. The summed E-state index contributed by atoms with van der Waals surface area (Å²) in [7, 11) is -5.06. The van der Waals surface area contributed by atoms with Crippen molar-refractivity contribution in [3.05, 3.63) is 60.8 Å². The minimum atomic E-state index is -5.06. The summed E-state index contributed by atoms with van der Waals surface area (Å²) in [4.78, 5) is 12.7. The minimum Gasteiger partial charge on any atom is -0.457 e. The van der Waals surface area contributed by atoms with Crippen LogP contribution in [0, 0.1) is 0 Å². The molecule has 0 radical (unpaired) electrons. The van der Waals surface area contributed by atoms with Crippen LogP contribution < -0.4 is 0 Å². The van der Waals surface area contributed by atoms with Gasteiger partial charge in [0.2, 0.25) is 0 Å². The SMILES string of the molecule is CC/C=C\C/C=C\C/C=C\C/C=C\C/C=C\CCCCCCCCCCCCOCC(COC1OC(CO)C(O)C(OS(=O)(=O)O)C1O)OC(=O)CCCCCCCCC. The number of rotatable bonds is 39. The fourth-order valence-electron chi connectivity index (χ4n) is 6.70. The molecule has 0 aromatic carbocycles. The summed E-state index contributed by atoms with van der Waals surface area (Å²) in [6, 6.07) is 0. The number of hydrogen-bond acceptors (Lipinski definition) is 11. The van der Waals surface area contributed by atoms with Crippen LogP contribution in [0.3, 0.4) is 0 Å². The van der Waals surface area contributed by atoms with E-state index < -0.39 is 59.8 Å². The van der Waals surface area contributed by atoms with Crippen LogP contribution in [0.5, 0.6) is 0 Å². The largest absolute Gasteiger partial charge is 0.457 e. The normalized spacial score (nSPS) is 20.8. The number of unbranched alkanes of at least 4 members (excludes halogenated alkanes) is 16. The van der Waals surface area contributed by atoms with Gasteiger partial charge in [0.1, 0.15) is 30.5 Å². The van der Waals surface area contributed by atoms with Crippen molar-refractivity contribution in [2.24, 2.45) is 0 Å². The molecule has 0 aromatic rings. The Balaban J connectivity index is 2.27. The van der Waals surface area contributed by atoms with E-state index in [0.29, 0.717) is 13.0 Å². The van der Waals surface area contributed by atoms with Crippen molar-refractivity contribution in [1.82, 2.24) is 0 Å². The minimum absolute atomic E-state index is 0.0314.